The molecule has 5 nitrogen and oxygen atoms in total. The standard InChI is InChI=1S/C18H20N2O3/c1-20(18(17(22)23)11-5-2-6-12-18)16(21)15-10-9-13-7-3-4-8-14(13)19-15/h3-4,7-10H,2,5-6,11-12H2,1H3,(H,22,23). The van der Waals surface area contributed by atoms with E-state index in [0.29, 0.717) is 12.8 Å². The third-order valence-electron chi connectivity index (χ3n) is 4.84. The number of aromatic nitrogens is 1. The Bertz CT molecular complexity index is 751. The van der Waals surface area contributed by atoms with Gasteiger partial charge in [0.25, 0.3) is 5.91 Å². The highest BCUT2D eigenvalue weighted by atomic mass is 16.4. The van der Waals surface area contributed by atoms with Crippen molar-refractivity contribution >= 4 is 22.8 Å². The molecule has 1 saturated carbocycles. The first-order chi connectivity index (χ1) is 11.0. The number of aliphatic carboxylic acids is 1. The van der Waals surface area contributed by atoms with Crippen molar-refractivity contribution in [2.24, 2.45) is 0 Å². The van der Waals surface area contributed by atoms with E-state index in [4.69, 9.17) is 0 Å². The fourth-order valence-electron chi connectivity index (χ4n) is 3.38. The molecule has 1 aromatic heterocycles. The zero-order valence-corrected chi connectivity index (χ0v) is 13.2. The van der Waals surface area contributed by atoms with Crippen LogP contribution in [-0.2, 0) is 4.79 Å². The number of carbonyl (C=O) groups is 2. The van der Waals surface area contributed by atoms with Crippen molar-refractivity contribution in [1.29, 1.82) is 0 Å². The van der Waals surface area contributed by atoms with E-state index < -0.39 is 11.5 Å². The van der Waals surface area contributed by atoms with Crippen LogP contribution in [0.2, 0.25) is 0 Å². The molecule has 1 amide bonds. The number of benzene rings is 1. The number of carbonyl (C=O) groups excluding carboxylic acids is 1. The molecular weight excluding hydrogens is 292 g/mol. The van der Waals surface area contributed by atoms with Crippen molar-refractivity contribution in [2.75, 3.05) is 7.05 Å². The van der Waals surface area contributed by atoms with Crippen molar-refractivity contribution in [1.82, 2.24) is 9.88 Å². The Hall–Kier alpha value is -2.43. The molecule has 1 heterocycles. The van der Waals surface area contributed by atoms with Gasteiger partial charge in [0, 0.05) is 12.4 Å². The van der Waals surface area contributed by atoms with Gasteiger partial charge in [-0.2, -0.15) is 0 Å². The summed E-state index contributed by atoms with van der Waals surface area (Å²) in [6.45, 7) is 0. The Morgan fingerprint density at radius 1 is 1.09 bits per heavy atom. The molecule has 1 aliphatic rings. The molecule has 1 N–H and O–H groups in total. The van der Waals surface area contributed by atoms with E-state index in [9.17, 15) is 14.7 Å². The fourth-order valence-corrected chi connectivity index (χ4v) is 3.38. The molecule has 0 atom stereocenters. The van der Waals surface area contributed by atoms with Gasteiger partial charge in [0.05, 0.1) is 5.52 Å². The summed E-state index contributed by atoms with van der Waals surface area (Å²) < 4.78 is 0. The van der Waals surface area contributed by atoms with E-state index in [1.54, 1.807) is 13.1 Å². The monoisotopic (exact) mass is 312 g/mol. The predicted molar refractivity (Wildman–Crippen MR) is 87.3 cm³/mol. The average molecular weight is 312 g/mol. The first kappa shape index (κ1) is 15.5. The Kier molecular flexibility index (Phi) is 4.03. The third kappa shape index (κ3) is 2.67. The van der Waals surface area contributed by atoms with Crippen LogP contribution in [0.25, 0.3) is 10.9 Å². The number of hydrogen-bond donors (Lipinski definition) is 1. The van der Waals surface area contributed by atoms with Gasteiger partial charge in [-0.05, 0) is 25.0 Å². The lowest BCUT2D eigenvalue weighted by molar-refractivity contribution is -0.151. The molecule has 1 aromatic carbocycles. The molecule has 23 heavy (non-hydrogen) atoms. The number of carboxylic acid groups (broad SMARTS) is 1. The van der Waals surface area contributed by atoms with Gasteiger partial charge in [-0.1, -0.05) is 43.5 Å². The molecular formula is C18H20N2O3. The second-order valence-corrected chi connectivity index (χ2v) is 6.15. The lowest BCUT2D eigenvalue weighted by Crippen LogP contribution is -2.56. The minimum absolute atomic E-state index is 0.289. The predicted octanol–water partition coefficient (Wildman–Crippen LogP) is 3.09. The normalized spacial score (nSPS) is 16.9. The number of para-hydroxylation sites is 1. The lowest BCUT2D eigenvalue weighted by Gasteiger charge is -2.40. The minimum atomic E-state index is -1.11. The van der Waals surface area contributed by atoms with Crippen molar-refractivity contribution < 1.29 is 14.7 Å². The summed E-state index contributed by atoms with van der Waals surface area (Å²) >= 11 is 0. The van der Waals surface area contributed by atoms with E-state index in [1.165, 1.54) is 4.90 Å². The summed E-state index contributed by atoms with van der Waals surface area (Å²) in [6, 6.07) is 11.1. The smallest absolute Gasteiger partial charge is 0.329 e. The van der Waals surface area contributed by atoms with Gasteiger partial charge < -0.3 is 10.0 Å². The lowest BCUT2D eigenvalue weighted by atomic mass is 9.80. The van der Waals surface area contributed by atoms with Crippen LogP contribution < -0.4 is 0 Å². The third-order valence-corrected chi connectivity index (χ3v) is 4.84. The zero-order valence-electron chi connectivity index (χ0n) is 13.2. The topological polar surface area (TPSA) is 70.5 Å². The molecule has 120 valence electrons. The van der Waals surface area contributed by atoms with E-state index >= 15 is 0 Å². The highest BCUT2D eigenvalue weighted by Crippen LogP contribution is 2.34. The van der Waals surface area contributed by atoms with E-state index in [2.05, 4.69) is 4.98 Å². The number of fused-ring (bicyclic) bond motifs is 1. The maximum absolute atomic E-state index is 12.8. The van der Waals surface area contributed by atoms with Gasteiger partial charge in [-0.3, -0.25) is 4.79 Å². The Morgan fingerprint density at radius 3 is 2.48 bits per heavy atom. The molecule has 0 aliphatic heterocycles. The van der Waals surface area contributed by atoms with E-state index in [1.807, 2.05) is 30.3 Å². The second-order valence-electron chi connectivity index (χ2n) is 6.15. The molecule has 0 radical (unpaired) electrons. The zero-order chi connectivity index (χ0) is 16.4. The highest BCUT2D eigenvalue weighted by Gasteiger charge is 2.45. The van der Waals surface area contributed by atoms with E-state index in [0.717, 1.165) is 30.2 Å². The molecule has 2 aromatic rings. The number of rotatable bonds is 3. The maximum atomic E-state index is 12.8. The number of hydrogen-bond acceptors (Lipinski definition) is 3. The SMILES string of the molecule is CN(C(=O)c1ccc2ccccc2n1)C1(C(=O)O)CCCCC1. The molecule has 0 spiro atoms. The number of nitrogens with zero attached hydrogens (tertiary/aromatic N) is 2. The Labute approximate surface area is 134 Å². The van der Waals surface area contributed by atoms with Crippen molar-refractivity contribution in [3.8, 4) is 0 Å². The summed E-state index contributed by atoms with van der Waals surface area (Å²) in [5.74, 6) is -1.26. The molecule has 1 fully saturated rings. The number of amides is 1. The number of carboxylic acids is 1. The molecule has 3 rings (SSSR count). The Balaban J connectivity index is 1.94. The summed E-state index contributed by atoms with van der Waals surface area (Å²) in [4.78, 5) is 30.4. The summed E-state index contributed by atoms with van der Waals surface area (Å²) in [6.07, 6.45) is 3.67. The molecule has 1 aliphatic carbocycles. The first-order valence-corrected chi connectivity index (χ1v) is 7.92. The molecule has 5 heteroatoms. The molecule has 0 saturated heterocycles. The summed E-state index contributed by atoms with van der Waals surface area (Å²) in [5, 5.41) is 10.7. The molecule has 0 unspecified atom stereocenters. The fraction of sp³-hybridized carbons (Fsp3) is 0.389. The van der Waals surface area contributed by atoms with Crippen molar-refractivity contribution in [2.45, 2.75) is 37.6 Å². The quantitative estimate of drug-likeness (QED) is 0.945. The first-order valence-electron chi connectivity index (χ1n) is 7.92. The van der Waals surface area contributed by atoms with Gasteiger partial charge in [0.1, 0.15) is 11.2 Å². The van der Waals surface area contributed by atoms with E-state index in [-0.39, 0.29) is 11.6 Å². The highest BCUT2D eigenvalue weighted by molar-refractivity contribution is 5.98. The van der Waals surface area contributed by atoms with Gasteiger partial charge in [-0.25, -0.2) is 9.78 Å². The van der Waals surface area contributed by atoms with Gasteiger partial charge in [0.15, 0.2) is 0 Å². The van der Waals surface area contributed by atoms with Crippen LogP contribution in [-0.4, -0.2) is 39.5 Å². The van der Waals surface area contributed by atoms with Crippen LogP contribution in [0, 0.1) is 0 Å². The van der Waals surface area contributed by atoms with Crippen LogP contribution in [0.5, 0.6) is 0 Å². The van der Waals surface area contributed by atoms with Crippen LogP contribution in [0.4, 0.5) is 0 Å². The van der Waals surface area contributed by atoms with Crippen LogP contribution in [0.3, 0.4) is 0 Å². The summed E-state index contributed by atoms with van der Waals surface area (Å²) in [5.41, 5.74) is -0.0833. The average Bonchev–Trinajstić information content (AvgIpc) is 2.60. The number of pyridine rings is 1. The second kappa shape index (κ2) is 5.99. The summed E-state index contributed by atoms with van der Waals surface area (Å²) in [7, 11) is 1.58. The van der Waals surface area contributed by atoms with Crippen LogP contribution in [0.15, 0.2) is 36.4 Å². The minimum Gasteiger partial charge on any atom is -0.479 e. The van der Waals surface area contributed by atoms with Crippen LogP contribution >= 0.6 is 0 Å². The van der Waals surface area contributed by atoms with Gasteiger partial charge in [0.2, 0.25) is 0 Å². The maximum Gasteiger partial charge on any atom is 0.329 e. The Morgan fingerprint density at radius 2 is 1.78 bits per heavy atom. The largest absolute Gasteiger partial charge is 0.479 e. The number of likely N-dealkylation sites (N-methyl/N-ethyl adjacent to an activating group) is 1. The van der Waals surface area contributed by atoms with Crippen molar-refractivity contribution in [3.63, 3.8) is 0 Å². The van der Waals surface area contributed by atoms with Crippen molar-refractivity contribution in [3.05, 3.63) is 42.1 Å². The van der Waals surface area contributed by atoms with Crippen LogP contribution in [0.1, 0.15) is 42.6 Å². The van der Waals surface area contributed by atoms with Gasteiger partial charge in [-0.15, -0.1) is 0 Å². The van der Waals surface area contributed by atoms with Gasteiger partial charge >= 0.3 is 5.97 Å². The molecule has 0 bridgehead atoms.